The molecule has 4 rings (SSSR count). The van der Waals surface area contributed by atoms with Gasteiger partial charge in [0.05, 0.1) is 20.8 Å². The summed E-state index contributed by atoms with van der Waals surface area (Å²) in [5.41, 5.74) is 4.09. The summed E-state index contributed by atoms with van der Waals surface area (Å²) in [5, 5.41) is 4.94. The smallest absolute Gasteiger partial charge is 0.252 e. The number of piperazine rings is 1. The summed E-state index contributed by atoms with van der Waals surface area (Å²) >= 11 is 13.8. The molecule has 0 radical (unpaired) electrons. The lowest BCUT2D eigenvalue weighted by Gasteiger charge is -2.34. The van der Waals surface area contributed by atoms with Crippen LogP contribution < -0.4 is 10.2 Å². The van der Waals surface area contributed by atoms with Gasteiger partial charge in [0, 0.05) is 44.3 Å². The lowest BCUT2D eigenvalue weighted by molar-refractivity contribution is 0.0948. The molecular formula is C22H24Cl2N4OS. The van der Waals surface area contributed by atoms with Gasteiger partial charge in [0.15, 0.2) is 5.13 Å². The van der Waals surface area contributed by atoms with Gasteiger partial charge in [0.25, 0.3) is 5.91 Å². The lowest BCUT2D eigenvalue weighted by atomic mass is 10.1. The molecule has 1 N–H and O–H groups in total. The Morgan fingerprint density at radius 1 is 1.13 bits per heavy atom. The summed E-state index contributed by atoms with van der Waals surface area (Å²) in [4.78, 5) is 21.9. The molecule has 0 aliphatic carbocycles. The standard InChI is InChI=1S/C22H24Cl2N4OS/c1-14-11-15(2)20-19(12-14)30-22(26-20)28-9-7-27(8-10-28)6-5-25-21(29)17-4-3-16(23)13-18(17)24/h3-4,11-13H,5-10H2,1-2H3,(H,25,29). The SMILES string of the molecule is Cc1cc(C)c2nc(N3CCN(CCNC(=O)c4ccc(Cl)cc4Cl)CC3)sc2c1. The molecule has 0 saturated carbocycles. The Balaban J connectivity index is 1.28. The number of rotatable bonds is 5. The molecule has 1 fully saturated rings. The van der Waals surface area contributed by atoms with E-state index < -0.39 is 0 Å². The van der Waals surface area contributed by atoms with Crippen LogP contribution in [0, 0.1) is 13.8 Å². The van der Waals surface area contributed by atoms with Crippen LogP contribution in [0.15, 0.2) is 30.3 Å². The van der Waals surface area contributed by atoms with E-state index in [9.17, 15) is 4.79 Å². The number of nitrogens with one attached hydrogen (secondary N) is 1. The zero-order chi connectivity index (χ0) is 21.3. The Kier molecular flexibility index (Phi) is 6.48. The predicted octanol–water partition coefficient (Wildman–Crippen LogP) is 4.77. The van der Waals surface area contributed by atoms with Crippen molar-refractivity contribution in [2.45, 2.75) is 13.8 Å². The molecule has 30 heavy (non-hydrogen) atoms. The van der Waals surface area contributed by atoms with Crippen LogP contribution in [0.2, 0.25) is 10.0 Å². The molecule has 0 spiro atoms. The molecular weight excluding hydrogens is 439 g/mol. The van der Waals surface area contributed by atoms with E-state index in [1.165, 1.54) is 15.8 Å². The van der Waals surface area contributed by atoms with Crippen molar-refractivity contribution in [1.82, 2.24) is 15.2 Å². The van der Waals surface area contributed by atoms with Gasteiger partial charge < -0.3 is 10.2 Å². The van der Waals surface area contributed by atoms with Crippen LogP contribution in [0.5, 0.6) is 0 Å². The molecule has 0 atom stereocenters. The van der Waals surface area contributed by atoms with Crippen LogP contribution in [0.1, 0.15) is 21.5 Å². The van der Waals surface area contributed by atoms with Gasteiger partial charge in [-0.2, -0.15) is 0 Å². The van der Waals surface area contributed by atoms with Crippen molar-refractivity contribution in [1.29, 1.82) is 0 Å². The fourth-order valence-electron chi connectivity index (χ4n) is 3.75. The first-order valence-corrected chi connectivity index (χ1v) is 11.6. The number of thiazole rings is 1. The number of anilines is 1. The van der Waals surface area contributed by atoms with Gasteiger partial charge >= 0.3 is 0 Å². The summed E-state index contributed by atoms with van der Waals surface area (Å²) < 4.78 is 1.26. The van der Waals surface area contributed by atoms with Crippen LogP contribution in [0.3, 0.4) is 0 Å². The fourth-order valence-corrected chi connectivity index (χ4v) is 5.44. The Bertz CT molecular complexity index is 1080. The molecule has 3 aromatic rings. The van der Waals surface area contributed by atoms with Gasteiger partial charge in [-0.15, -0.1) is 0 Å². The molecule has 1 amide bonds. The van der Waals surface area contributed by atoms with Crippen LogP contribution in [0.4, 0.5) is 5.13 Å². The maximum Gasteiger partial charge on any atom is 0.252 e. The van der Waals surface area contributed by atoms with E-state index in [0.29, 0.717) is 22.2 Å². The number of benzene rings is 2. The number of aromatic nitrogens is 1. The Labute approximate surface area is 190 Å². The molecule has 1 aliphatic rings. The first-order chi connectivity index (χ1) is 14.4. The van der Waals surface area contributed by atoms with Crippen LogP contribution in [-0.4, -0.2) is 55.1 Å². The molecule has 0 bridgehead atoms. The number of carbonyl (C=O) groups excluding carboxylic acids is 1. The maximum atomic E-state index is 12.3. The highest BCUT2D eigenvalue weighted by Gasteiger charge is 2.20. The number of halogens is 2. The van der Waals surface area contributed by atoms with Gasteiger partial charge in [-0.25, -0.2) is 4.98 Å². The van der Waals surface area contributed by atoms with Crippen molar-refractivity contribution >= 4 is 55.8 Å². The van der Waals surface area contributed by atoms with Gasteiger partial charge in [0.2, 0.25) is 0 Å². The number of nitrogens with zero attached hydrogens (tertiary/aromatic N) is 3. The summed E-state index contributed by atoms with van der Waals surface area (Å²) in [7, 11) is 0. The molecule has 2 heterocycles. The normalized spacial score (nSPS) is 15.0. The Hall–Kier alpha value is -1.86. The third-order valence-corrected chi connectivity index (χ3v) is 6.96. The zero-order valence-corrected chi connectivity index (χ0v) is 19.4. The van der Waals surface area contributed by atoms with E-state index in [4.69, 9.17) is 28.2 Å². The van der Waals surface area contributed by atoms with Gasteiger partial charge in [-0.1, -0.05) is 40.6 Å². The van der Waals surface area contributed by atoms with Crippen molar-refractivity contribution in [3.63, 3.8) is 0 Å². The summed E-state index contributed by atoms with van der Waals surface area (Å²) in [5.74, 6) is -0.171. The number of fused-ring (bicyclic) bond motifs is 1. The second-order valence-electron chi connectivity index (χ2n) is 7.63. The average Bonchev–Trinajstić information content (AvgIpc) is 3.13. The highest BCUT2D eigenvalue weighted by atomic mass is 35.5. The first-order valence-electron chi connectivity index (χ1n) is 9.99. The highest BCUT2D eigenvalue weighted by molar-refractivity contribution is 7.22. The summed E-state index contributed by atoms with van der Waals surface area (Å²) in [6, 6.07) is 9.32. The zero-order valence-electron chi connectivity index (χ0n) is 17.0. The molecule has 2 aromatic carbocycles. The van der Waals surface area contributed by atoms with Crippen LogP contribution in [0.25, 0.3) is 10.2 Å². The molecule has 1 aromatic heterocycles. The first kappa shape index (κ1) is 21.4. The molecule has 5 nitrogen and oxygen atoms in total. The van der Waals surface area contributed by atoms with E-state index in [-0.39, 0.29) is 5.91 Å². The summed E-state index contributed by atoms with van der Waals surface area (Å²) in [6.07, 6.45) is 0. The predicted molar refractivity (Wildman–Crippen MR) is 127 cm³/mol. The van der Waals surface area contributed by atoms with Crippen molar-refractivity contribution in [3.8, 4) is 0 Å². The van der Waals surface area contributed by atoms with Gasteiger partial charge in [-0.3, -0.25) is 9.69 Å². The number of hydrogen-bond acceptors (Lipinski definition) is 5. The lowest BCUT2D eigenvalue weighted by Crippen LogP contribution is -2.48. The van der Waals surface area contributed by atoms with Crippen molar-refractivity contribution in [3.05, 3.63) is 57.1 Å². The van der Waals surface area contributed by atoms with Crippen molar-refractivity contribution in [2.75, 3.05) is 44.2 Å². The monoisotopic (exact) mass is 462 g/mol. The van der Waals surface area contributed by atoms with Crippen LogP contribution >= 0.6 is 34.5 Å². The van der Waals surface area contributed by atoms with Gasteiger partial charge in [-0.05, 0) is 49.2 Å². The fraction of sp³-hybridized carbons (Fsp3) is 0.364. The molecule has 8 heteroatoms. The van der Waals surface area contributed by atoms with E-state index in [1.807, 2.05) is 0 Å². The van der Waals surface area contributed by atoms with Crippen molar-refractivity contribution < 1.29 is 4.79 Å². The second-order valence-corrected chi connectivity index (χ2v) is 9.49. The van der Waals surface area contributed by atoms with E-state index in [1.54, 1.807) is 29.5 Å². The minimum absolute atomic E-state index is 0.171. The number of hydrogen-bond donors (Lipinski definition) is 1. The molecule has 1 saturated heterocycles. The topological polar surface area (TPSA) is 48.5 Å². The quantitative estimate of drug-likeness (QED) is 0.592. The van der Waals surface area contributed by atoms with E-state index >= 15 is 0 Å². The third-order valence-electron chi connectivity index (χ3n) is 5.35. The molecule has 158 valence electrons. The minimum Gasteiger partial charge on any atom is -0.351 e. The van der Waals surface area contributed by atoms with Crippen molar-refractivity contribution in [2.24, 2.45) is 0 Å². The maximum absolute atomic E-state index is 12.3. The minimum atomic E-state index is -0.171. The van der Waals surface area contributed by atoms with Crippen LogP contribution in [-0.2, 0) is 0 Å². The second kappa shape index (κ2) is 9.10. The molecule has 1 aliphatic heterocycles. The largest absolute Gasteiger partial charge is 0.351 e. The Morgan fingerprint density at radius 2 is 1.90 bits per heavy atom. The number of aryl methyl sites for hydroxylation is 2. The van der Waals surface area contributed by atoms with E-state index in [2.05, 4.69) is 41.1 Å². The number of amides is 1. The summed E-state index contributed by atoms with van der Waals surface area (Å²) in [6.45, 7) is 9.42. The van der Waals surface area contributed by atoms with Gasteiger partial charge in [0.1, 0.15) is 0 Å². The third kappa shape index (κ3) is 4.72. The average molecular weight is 463 g/mol. The van der Waals surface area contributed by atoms with E-state index in [0.717, 1.165) is 43.4 Å². The molecule has 0 unspecified atom stereocenters. The number of carbonyl (C=O) groups is 1. The Morgan fingerprint density at radius 3 is 2.63 bits per heavy atom. The highest BCUT2D eigenvalue weighted by Crippen LogP contribution is 2.32.